The van der Waals surface area contributed by atoms with Gasteiger partial charge in [-0.3, -0.25) is 4.98 Å². The molecule has 17 heavy (non-hydrogen) atoms. The van der Waals surface area contributed by atoms with E-state index in [1.165, 1.54) is 30.5 Å². The summed E-state index contributed by atoms with van der Waals surface area (Å²) in [6.45, 7) is 0. The number of benzene rings is 1. The van der Waals surface area contributed by atoms with E-state index in [0.717, 1.165) is 6.07 Å². The van der Waals surface area contributed by atoms with Crippen molar-refractivity contribution in [3.8, 4) is 11.3 Å². The molecule has 0 aliphatic rings. The van der Waals surface area contributed by atoms with Crippen LogP contribution in [0.2, 0.25) is 5.02 Å². The third-order valence-corrected chi connectivity index (χ3v) is 2.53. The summed E-state index contributed by atoms with van der Waals surface area (Å²) < 4.78 is 12.9. The van der Waals surface area contributed by atoms with Crippen LogP contribution in [-0.2, 0) is 0 Å². The molecule has 3 nitrogen and oxygen atoms in total. The number of rotatable bonds is 2. The second kappa shape index (κ2) is 4.51. The molecule has 2 rings (SSSR count). The van der Waals surface area contributed by atoms with Crippen molar-refractivity contribution in [3.63, 3.8) is 0 Å². The van der Waals surface area contributed by atoms with Crippen molar-refractivity contribution in [1.29, 1.82) is 0 Å². The molecule has 0 radical (unpaired) electrons. The van der Waals surface area contributed by atoms with Gasteiger partial charge in [0.1, 0.15) is 5.82 Å². The summed E-state index contributed by atoms with van der Waals surface area (Å²) in [4.78, 5) is 14.8. The quantitative estimate of drug-likeness (QED) is 0.891. The molecule has 0 bridgehead atoms. The van der Waals surface area contributed by atoms with Crippen LogP contribution in [0, 0.1) is 5.82 Å². The molecule has 0 saturated heterocycles. The highest BCUT2D eigenvalue weighted by Crippen LogP contribution is 2.27. The fourth-order valence-corrected chi connectivity index (χ4v) is 1.67. The lowest BCUT2D eigenvalue weighted by Gasteiger charge is -2.04. The van der Waals surface area contributed by atoms with Crippen LogP contribution < -0.4 is 0 Å². The molecule has 0 amide bonds. The summed E-state index contributed by atoms with van der Waals surface area (Å²) in [5.74, 6) is -1.50. The van der Waals surface area contributed by atoms with Crippen LogP contribution in [0.5, 0.6) is 0 Å². The van der Waals surface area contributed by atoms with Crippen LogP contribution in [0.1, 0.15) is 10.4 Å². The monoisotopic (exact) mass is 251 g/mol. The molecule has 0 aliphatic heterocycles. The van der Waals surface area contributed by atoms with Crippen LogP contribution in [0.3, 0.4) is 0 Å². The van der Waals surface area contributed by atoms with E-state index >= 15 is 0 Å². The Bertz CT molecular complexity index is 586. The molecular weight excluding hydrogens is 245 g/mol. The van der Waals surface area contributed by atoms with Crippen molar-refractivity contribution in [2.75, 3.05) is 0 Å². The van der Waals surface area contributed by atoms with E-state index in [-0.39, 0.29) is 10.6 Å². The Hall–Kier alpha value is -1.94. The highest BCUT2D eigenvalue weighted by molar-refractivity contribution is 6.33. The van der Waals surface area contributed by atoms with Gasteiger partial charge in [0.05, 0.1) is 16.3 Å². The van der Waals surface area contributed by atoms with Crippen LogP contribution >= 0.6 is 11.6 Å². The molecule has 0 atom stereocenters. The molecule has 0 fully saturated rings. The first-order valence-electron chi connectivity index (χ1n) is 4.72. The van der Waals surface area contributed by atoms with Crippen molar-refractivity contribution in [2.45, 2.75) is 0 Å². The Morgan fingerprint density at radius 2 is 2.06 bits per heavy atom. The maximum Gasteiger partial charge on any atom is 0.335 e. The third kappa shape index (κ3) is 2.42. The summed E-state index contributed by atoms with van der Waals surface area (Å²) >= 11 is 5.87. The lowest BCUT2D eigenvalue weighted by atomic mass is 10.1. The van der Waals surface area contributed by atoms with Gasteiger partial charge in [-0.25, -0.2) is 9.18 Å². The van der Waals surface area contributed by atoms with Gasteiger partial charge >= 0.3 is 5.97 Å². The first kappa shape index (κ1) is 11.5. The van der Waals surface area contributed by atoms with Gasteiger partial charge < -0.3 is 5.11 Å². The summed E-state index contributed by atoms with van der Waals surface area (Å²) in [6.07, 6.45) is 1.37. The van der Waals surface area contributed by atoms with Crippen LogP contribution in [0.15, 0.2) is 36.5 Å². The number of aromatic carboxylic acids is 1. The van der Waals surface area contributed by atoms with E-state index in [9.17, 15) is 9.18 Å². The Morgan fingerprint density at radius 1 is 1.29 bits per heavy atom. The van der Waals surface area contributed by atoms with Gasteiger partial charge in [-0.05, 0) is 30.3 Å². The number of nitrogens with zero attached hydrogens (tertiary/aromatic N) is 1. The van der Waals surface area contributed by atoms with Crippen LogP contribution in [0.25, 0.3) is 11.3 Å². The highest BCUT2D eigenvalue weighted by atomic mass is 35.5. The number of carbonyl (C=O) groups is 1. The zero-order valence-electron chi connectivity index (χ0n) is 8.52. The molecule has 0 unspecified atom stereocenters. The Morgan fingerprint density at radius 3 is 2.71 bits per heavy atom. The third-order valence-electron chi connectivity index (χ3n) is 2.21. The first-order chi connectivity index (χ1) is 8.08. The molecule has 2 aromatic rings. The van der Waals surface area contributed by atoms with Crippen molar-refractivity contribution < 1.29 is 14.3 Å². The molecule has 0 spiro atoms. The van der Waals surface area contributed by atoms with Crippen LogP contribution in [0.4, 0.5) is 4.39 Å². The number of pyridine rings is 1. The SMILES string of the molecule is O=C(O)c1ccnc(-c2ccc(F)cc2Cl)c1. The number of carboxylic acids is 1. The number of carboxylic acid groups (broad SMARTS) is 1. The normalized spacial score (nSPS) is 10.2. The van der Waals surface area contributed by atoms with E-state index < -0.39 is 11.8 Å². The van der Waals surface area contributed by atoms with E-state index in [1.807, 2.05) is 0 Å². The zero-order valence-corrected chi connectivity index (χ0v) is 9.28. The van der Waals surface area contributed by atoms with Gasteiger partial charge in [-0.1, -0.05) is 11.6 Å². The number of hydrogen-bond donors (Lipinski definition) is 1. The molecule has 86 valence electrons. The second-order valence-electron chi connectivity index (χ2n) is 3.36. The average molecular weight is 252 g/mol. The predicted octanol–water partition coefficient (Wildman–Crippen LogP) is 3.24. The molecule has 1 N–H and O–H groups in total. The fraction of sp³-hybridized carbons (Fsp3) is 0. The molecule has 0 aliphatic carbocycles. The molecule has 5 heteroatoms. The lowest BCUT2D eigenvalue weighted by Crippen LogP contribution is -1.97. The summed E-state index contributed by atoms with van der Waals surface area (Å²) in [5.41, 5.74) is 1.00. The minimum Gasteiger partial charge on any atom is -0.478 e. The standard InChI is InChI=1S/C12H7ClFNO2/c13-10-6-8(14)1-2-9(10)11-5-7(12(16)17)3-4-15-11/h1-6H,(H,16,17). The smallest absolute Gasteiger partial charge is 0.335 e. The lowest BCUT2D eigenvalue weighted by molar-refractivity contribution is 0.0697. The van der Waals surface area contributed by atoms with Crippen molar-refractivity contribution in [2.24, 2.45) is 0 Å². The predicted molar refractivity (Wildman–Crippen MR) is 61.6 cm³/mol. The summed E-state index contributed by atoms with van der Waals surface area (Å²) in [7, 11) is 0. The van der Waals surface area contributed by atoms with Crippen molar-refractivity contribution in [1.82, 2.24) is 4.98 Å². The molecule has 1 aromatic carbocycles. The number of hydrogen-bond acceptors (Lipinski definition) is 2. The first-order valence-corrected chi connectivity index (χ1v) is 5.10. The summed E-state index contributed by atoms with van der Waals surface area (Å²) in [6, 6.07) is 6.64. The Balaban J connectivity index is 2.53. The topological polar surface area (TPSA) is 50.2 Å². The summed E-state index contributed by atoms with van der Waals surface area (Å²) in [5, 5.41) is 9.04. The minimum absolute atomic E-state index is 0.107. The van der Waals surface area contributed by atoms with E-state index in [4.69, 9.17) is 16.7 Å². The molecule has 1 heterocycles. The minimum atomic E-state index is -1.05. The van der Waals surface area contributed by atoms with E-state index in [0.29, 0.717) is 11.3 Å². The molecule has 1 aromatic heterocycles. The van der Waals surface area contributed by atoms with Gasteiger partial charge in [-0.2, -0.15) is 0 Å². The Labute approximate surface area is 101 Å². The number of halogens is 2. The average Bonchev–Trinajstić information content (AvgIpc) is 2.29. The highest BCUT2D eigenvalue weighted by Gasteiger charge is 2.09. The second-order valence-corrected chi connectivity index (χ2v) is 3.77. The fourth-order valence-electron chi connectivity index (χ4n) is 1.41. The molecule has 0 saturated carbocycles. The van der Waals surface area contributed by atoms with Crippen molar-refractivity contribution >= 4 is 17.6 Å². The van der Waals surface area contributed by atoms with Crippen LogP contribution in [-0.4, -0.2) is 16.1 Å². The van der Waals surface area contributed by atoms with Gasteiger partial charge in [0.15, 0.2) is 0 Å². The van der Waals surface area contributed by atoms with Gasteiger partial charge in [0, 0.05) is 11.8 Å². The van der Waals surface area contributed by atoms with Gasteiger partial charge in [0.25, 0.3) is 0 Å². The van der Waals surface area contributed by atoms with Gasteiger partial charge in [-0.15, -0.1) is 0 Å². The van der Waals surface area contributed by atoms with E-state index in [2.05, 4.69) is 4.98 Å². The molecular formula is C12H7ClFNO2. The largest absolute Gasteiger partial charge is 0.478 e. The maximum atomic E-state index is 12.9. The Kier molecular flexibility index (Phi) is 3.06. The number of aromatic nitrogens is 1. The van der Waals surface area contributed by atoms with Crippen molar-refractivity contribution in [3.05, 3.63) is 52.9 Å². The maximum absolute atomic E-state index is 12.9. The van der Waals surface area contributed by atoms with Gasteiger partial charge in [0.2, 0.25) is 0 Å². The van der Waals surface area contributed by atoms with E-state index in [1.54, 1.807) is 0 Å². The zero-order chi connectivity index (χ0) is 12.4.